The summed E-state index contributed by atoms with van der Waals surface area (Å²) in [4.78, 5) is 0. The van der Waals surface area contributed by atoms with Crippen LogP contribution >= 0.6 is 27.5 Å². The van der Waals surface area contributed by atoms with E-state index in [2.05, 4.69) is 15.9 Å². The lowest BCUT2D eigenvalue weighted by Gasteiger charge is -2.18. The first-order valence-corrected chi connectivity index (χ1v) is 5.74. The lowest BCUT2D eigenvalue weighted by atomic mass is 10.0. The fourth-order valence-corrected chi connectivity index (χ4v) is 1.94. The summed E-state index contributed by atoms with van der Waals surface area (Å²) in [6.45, 7) is 0.330. The Labute approximate surface area is 102 Å². The topological polar surface area (TPSA) is 66.5 Å². The van der Waals surface area contributed by atoms with Crippen molar-refractivity contribution in [3.05, 3.63) is 33.3 Å². The lowest BCUT2D eigenvalue weighted by molar-refractivity contribution is 0.0146. The predicted molar refractivity (Wildman–Crippen MR) is 63.8 cm³/mol. The van der Waals surface area contributed by atoms with Crippen LogP contribution in [0.2, 0.25) is 5.02 Å². The predicted octanol–water partition coefficient (Wildman–Crippen LogP) is 1.85. The van der Waals surface area contributed by atoms with Gasteiger partial charge in [-0.3, -0.25) is 0 Å². The maximum Gasteiger partial charge on any atom is 0.106 e. The second-order valence-corrected chi connectivity index (χ2v) is 4.55. The van der Waals surface area contributed by atoms with E-state index in [-0.39, 0.29) is 0 Å². The van der Waals surface area contributed by atoms with Gasteiger partial charge in [-0.05, 0) is 36.7 Å². The first kappa shape index (κ1) is 12.9. The molecule has 0 bridgehead atoms. The van der Waals surface area contributed by atoms with Gasteiger partial charge < -0.3 is 15.9 Å². The lowest BCUT2D eigenvalue weighted by Crippen LogP contribution is -2.22. The standard InChI is InChI=1S/C10H13BrClNO2/c11-8-2-1-6(12)5-7(8)10(15)9(14)3-4-13/h1-2,5,9-10,14-15H,3-4,13H2. The Kier molecular flexibility index (Phi) is 5.02. The molecule has 0 heterocycles. The van der Waals surface area contributed by atoms with Crippen molar-refractivity contribution in [2.45, 2.75) is 18.6 Å². The number of halogens is 2. The van der Waals surface area contributed by atoms with E-state index in [1.165, 1.54) is 0 Å². The molecule has 2 atom stereocenters. The highest BCUT2D eigenvalue weighted by molar-refractivity contribution is 9.10. The summed E-state index contributed by atoms with van der Waals surface area (Å²) >= 11 is 9.09. The number of hydrogen-bond acceptors (Lipinski definition) is 3. The molecule has 0 aliphatic rings. The van der Waals surface area contributed by atoms with Gasteiger partial charge in [-0.2, -0.15) is 0 Å². The molecule has 1 aromatic rings. The average molecular weight is 295 g/mol. The molecule has 2 unspecified atom stereocenters. The zero-order valence-electron chi connectivity index (χ0n) is 8.03. The minimum Gasteiger partial charge on any atom is -0.390 e. The van der Waals surface area contributed by atoms with Gasteiger partial charge in [-0.25, -0.2) is 0 Å². The molecule has 0 spiro atoms. The Balaban J connectivity index is 2.89. The van der Waals surface area contributed by atoms with Crippen LogP contribution < -0.4 is 5.73 Å². The molecule has 4 N–H and O–H groups in total. The molecule has 3 nitrogen and oxygen atoms in total. The van der Waals surface area contributed by atoms with E-state index in [9.17, 15) is 10.2 Å². The summed E-state index contributed by atoms with van der Waals surface area (Å²) in [5.74, 6) is 0. The number of benzene rings is 1. The molecule has 15 heavy (non-hydrogen) atoms. The van der Waals surface area contributed by atoms with E-state index < -0.39 is 12.2 Å². The molecular formula is C10H13BrClNO2. The molecule has 0 aliphatic carbocycles. The van der Waals surface area contributed by atoms with Crippen molar-refractivity contribution >= 4 is 27.5 Å². The van der Waals surface area contributed by atoms with Crippen LogP contribution in [0.3, 0.4) is 0 Å². The molecule has 0 aromatic heterocycles. The van der Waals surface area contributed by atoms with Crippen LogP contribution in [-0.2, 0) is 0 Å². The number of rotatable bonds is 4. The smallest absolute Gasteiger partial charge is 0.106 e. The maximum atomic E-state index is 9.83. The molecule has 0 saturated heterocycles. The second kappa shape index (κ2) is 5.82. The Bertz CT molecular complexity index is 335. The van der Waals surface area contributed by atoms with E-state index in [1.807, 2.05) is 0 Å². The fourth-order valence-electron chi connectivity index (χ4n) is 1.28. The minimum atomic E-state index is -0.971. The van der Waals surface area contributed by atoms with E-state index in [1.54, 1.807) is 18.2 Å². The van der Waals surface area contributed by atoms with Gasteiger partial charge in [0, 0.05) is 9.50 Å². The van der Waals surface area contributed by atoms with E-state index in [0.29, 0.717) is 23.6 Å². The zero-order chi connectivity index (χ0) is 11.4. The van der Waals surface area contributed by atoms with Gasteiger partial charge in [0.25, 0.3) is 0 Å². The molecule has 0 radical (unpaired) electrons. The van der Waals surface area contributed by atoms with Crippen molar-refractivity contribution in [3.63, 3.8) is 0 Å². The summed E-state index contributed by atoms with van der Waals surface area (Å²) in [6.07, 6.45) is -1.49. The minimum absolute atomic E-state index is 0.330. The van der Waals surface area contributed by atoms with Crippen molar-refractivity contribution in [3.8, 4) is 0 Å². The van der Waals surface area contributed by atoms with Crippen LogP contribution in [0, 0.1) is 0 Å². The first-order chi connectivity index (χ1) is 7.06. The van der Waals surface area contributed by atoms with Gasteiger partial charge in [0.05, 0.1) is 6.10 Å². The van der Waals surface area contributed by atoms with Gasteiger partial charge in [-0.15, -0.1) is 0 Å². The second-order valence-electron chi connectivity index (χ2n) is 3.26. The Morgan fingerprint density at radius 1 is 1.40 bits per heavy atom. The van der Waals surface area contributed by atoms with Crippen LogP contribution in [0.25, 0.3) is 0 Å². The van der Waals surface area contributed by atoms with Crippen molar-refractivity contribution in [2.24, 2.45) is 5.73 Å². The quantitative estimate of drug-likeness (QED) is 0.794. The summed E-state index contributed by atoms with van der Waals surface area (Å²) < 4.78 is 0.718. The van der Waals surface area contributed by atoms with Gasteiger partial charge in [0.15, 0.2) is 0 Å². The van der Waals surface area contributed by atoms with Crippen molar-refractivity contribution in [1.29, 1.82) is 0 Å². The highest BCUT2D eigenvalue weighted by atomic mass is 79.9. The third kappa shape index (κ3) is 3.43. The highest BCUT2D eigenvalue weighted by Gasteiger charge is 2.19. The molecule has 0 aliphatic heterocycles. The molecular weight excluding hydrogens is 281 g/mol. The van der Waals surface area contributed by atoms with Gasteiger partial charge in [0.1, 0.15) is 6.10 Å². The number of aliphatic hydroxyl groups is 2. The van der Waals surface area contributed by atoms with E-state index in [0.717, 1.165) is 4.47 Å². The molecule has 1 aromatic carbocycles. The fraction of sp³-hybridized carbons (Fsp3) is 0.400. The van der Waals surface area contributed by atoms with Crippen LogP contribution in [0.5, 0.6) is 0 Å². The molecule has 84 valence electrons. The van der Waals surface area contributed by atoms with Crippen molar-refractivity contribution < 1.29 is 10.2 Å². The third-order valence-corrected chi connectivity index (χ3v) is 3.06. The molecule has 5 heteroatoms. The molecule has 0 saturated carbocycles. The number of nitrogens with two attached hydrogens (primary N) is 1. The zero-order valence-corrected chi connectivity index (χ0v) is 10.4. The van der Waals surface area contributed by atoms with Crippen molar-refractivity contribution in [2.75, 3.05) is 6.54 Å². The summed E-state index contributed by atoms with van der Waals surface area (Å²) in [7, 11) is 0. The average Bonchev–Trinajstić information content (AvgIpc) is 2.21. The maximum absolute atomic E-state index is 9.83. The van der Waals surface area contributed by atoms with E-state index in [4.69, 9.17) is 17.3 Å². The SMILES string of the molecule is NCCC(O)C(O)c1cc(Cl)ccc1Br. The third-order valence-electron chi connectivity index (χ3n) is 2.10. The summed E-state index contributed by atoms with van der Waals surface area (Å²) in [6, 6.07) is 5.06. The molecule has 1 rings (SSSR count). The Morgan fingerprint density at radius 3 is 2.67 bits per heavy atom. The van der Waals surface area contributed by atoms with Crippen molar-refractivity contribution in [1.82, 2.24) is 0 Å². The van der Waals surface area contributed by atoms with Gasteiger partial charge in [-0.1, -0.05) is 27.5 Å². The first-order valence-electron chi connectivity index (χ1n) is 4.57. The van der Waals surface area contributed by atoms with Crippen LogP contribution in [0.1, 0.15) is 18.1 Å². The Hall–Kier alpha value is -0.130. The van der Waals surface area contributed by atoms with E-state index >= 15 is 0 Å². The summed E-state index contributed by atoms with van der Waals surface area (Å²) in [5, 5.41) is 19.9. The van der Waals surface area contributed by atoms with Crippen LogP contribution in [0.15, 0.2) is 22.7 Å². The van der Waals surface area contributed by atoms with Crippen LogP contribution in [-0.4, -0.2) is 22.9 Å². The number of hydrogen-bond donors (Lipinski definition) is 3. The molecule has 0 amide bonds. The van der Waals surface area contributed by atoms with Gasteiger partial charge in [0.2, 0.25) is 0 Å². The highest BCUT2D eigenvalue weighted by Crippen LogP contribution is 2.29. The Morgan fingerprint density at radius 2 is 2.07 bits per heavy atom. The van der Waals surface area contributed by atoms with Gasteiger partial charge >= 0.3 is 0 Å². The monoisotopic (exact) mass is 293 g/mol. The number of aliphatic hydroxyl groups excluding tert-OH is 2. The summed E-state index contributed by atoms with van der Waals surface area (Å²) in [5.41, 5.74) is 5.88. The van der Waals surface area contributed by atoms with Crippen LogP contribution in [0.4, 0.5) is 0 Å². The largest absolute Gasteiger partial charge is 0.390 e. The normalized spacial score (nSPS) is 15.0. The molecule has 0 fully saturated rings.